The number of nitrogens with one attached hydrogen (secondary N) is 1. The lowest BCUT2D eigenvalue weighted by molar-refractivity contribution is 0.0367. The van der Waals surface area contributed by atoms with Crippen molar-refractivity contribution >= 4 is 5.97 Å². The van der Waals surface area contributed by atoms with Crippen molar-refractivity contribution in [3.05, 3.63) is 35.4 Å². The summed E-state index contributed by atoms with van der Waals surface area (Å²) in [5, 5.41) is 3.62. The van der Waals surface area contributed by atoms with E-state index in [1.807, 2.05) is 12.1 Å². The summed E-state index contributed by atoms with van der Waals surface area (Å²) in [6.07, 6.45) is 4.86. The predicted octanol–water partition coefficient (Wildman–Crippen LogP) is 2.94. The van der Waals surface area contributed by atoms with Crippen molar-refractivity contribution in [1.29, 1.82) is 0 Å². The van der Waals surface area contributed by atoms with Crippen LogP contribution in [0.4, 0.5) is 0 Å². The van der Waals surface area contributed by atoms with Crippen LogP contribution in [0.2, 0.25) is 0 Å². The highest BCUT2D eigenvalue weighted by atomic mass is 16.5. The molecule has 22 heavy (non-hydrogen) atoms. The van der Waals surface area contributed by atoms with Crippen molar-refractivity contribution in [2.75, 3.05) is 26.9 Å². The molecule has 2 aliphatic heterocycles. The first-order chi connectivity index (χ1) is 10.8. The number of hydrogen-bond acceptors (Lipinski definition) is 4. The lowest BCUT2D eigenvalue weighted by Gasteiger charge is -2.37. The van der Waals surface area contributed by atoms with Gasteiger partial charge in [-0.1, -0.05) is 12.1 Å². The Morgan fingerprint density at radius 3 is 2.55 bits per heavy atom. The molecule has 1 N–H and O–H groups in total. The molecule has 4 heteroatoms. The summed E-state index contributed by atoms with van der Waals surface area (Å²) in [5.41, 5.74) is 1.88. The molecule has 2 heterocycles. The average Bonchev–Trinajstić information content (AvgIpc) is 2.62. The fraction of sp³-hybridized carbons (Fsp3) is 0.611. The lowest BCUT2D eigenvalue weighted by Crippen LogP contribution is -2.36. The number of methoxy groups -OCH3 is 1. The molecule has 2 atom stereocenters. The Morgan fingerprint density at radius 1 is 1.14 bits per heavy atom. The fourth-order valence-electron chi connectivity index (χ4n) is 3.79. The van der Waals surface area contributed by atoms with Gasteiger partial charge in [0.25, 0.3) is 0 Å². The number of hydrogen-bond donors (Lipinski definition) is 1. The molecule has 2 saturated heterocycles. The summed E-state index contributed by atoms with van der Waals surface area (Å²) in [6, 6.07) is 8.22. The third-order valence-corrected chi connectivity index (χ3v) is 5.11. The van der Waals surface area contributed by atoms with E-state index < -0.39 is 0 Å². The normalized spacial score (nSPS) is 26.6. The van der Waals surface area contributed by atoms with Crippen molar-refractivity contribution < 1.29 is 14.3 Å². The van der Waals surface area contributed by atoms with Gasteiger partial charge in [0.2, 0.25) is 0 Å². The van der Waals surface area contributed by atoms with Crippen LogP contribution >= 0.6 is 0 Å². The van der Waals surface area contributed by atoms with E-state index in [2.05, 4.69) is 17.4 Å². The standard InChI is InChI=1S/C18H25NO3/c1-21-18(20)15-4-2-14(3-5-15)17-12-16(6-9-19-17)13-7-10-22-11-8-13/h2-5,13,16-17,19H,6-12H2,1H3/t16-,17-/m0/s1. The van der Waals surface area contributed by atoms with Crippen LogP contribution in [0.1, 0.15) is 47.6 Å². The Balaban J connectivity index is 1.65. The minimum Gasteiger partial charge on any atom is -0.465 e. The van der Waals surface area contributed by atoms with E-state index in [0.717, 1.165) is 31.6 Å². The van der Waals surface area contributed by atoms with Crippen molar-refractivity contribution in [2.24, 2.45) is 11.8 Å². The highest BCUT2D eigenvalue weighted by molar-refractivity contribution is 5.89. The van der Waals surface area contributed by atoms with Crippen molar-refractivity contribution in [3.8, 4) is 0 Å². The summed E-state index contributed by atoms with van der Waals surface area (Å²) in [7, 11) is 1.41. The van der Waals surface area contributed by atoms with Crippen LogP contribution < -0.4 is 5.32 Å². The van der Waals surface area contributed by atoms with Gasteiger partial charge in [-0.05, 0) is 61.8 Å². The van der Waals surface area contributed by atoms with Crippen LogP contribution in [0.25, 0.3) is 0 Å². The average molecular weight is 303 g/mol. The van der Waals surface area contributed by atoms with E-state index in [1.54, 1.807) is 0 Å². The fourth-order valence-corrected chi connectivity index (χ4v) is 3.79. The minimum atomic E-state index is -0.275. The summed E-state index contributed by atoms with van der Waals surface area (Å²) >= 11 is 0. The van der Waals surface area contributed by atoms with E-state index in [0.29, 0.717) is 11.6 Å². The highest BCUT2D eigenvalue weighted by Gasteiger charge is 2.30. The van der Waals surface area contributed by atoms with Crippen LogP contribution in [0.5, 0.6) is 0 Å². The van der Waals surface area contributed by atoms with Gasteiger partial charge in [0, 0.05) is 19.3 Å². The summed E-state index contributed by atoms with van der Waals surface area (Å²) < 4.78 is 10.2. The van der Waals surface area contributed by atoms with Crippen LogP contribution in [0.3, 0.4) is 0 Å². The van der Waals surface area contributed by atoms with Gasteiger partial charge in [0.15, 0.2) is 0 Å². The number of carbonyl (C=O) groups excluding carboxylic acids is 1. The number of carbonyl (C=O) groups is 1. The van der Waals surface area contributed by atoms with Gasteiger partial charge in [0.05, 0.1) is 12.7 Å². The first-order valence-electron chi connectivity index (χ1n) is 8.27. The lowest BCUT2D eigenvalue weighted by atomic mass is 9.77. The number of benzene rings is 1. The minimum absolute atomic E-state index is 0.275. The number of rotatable bonds is 3. The Hall–Kier alpha value is -1.39. The second-order valence-electron chi connectivity index (χ2n) is 6.35. The van der Waals surface area contributed by atoms with Crippen LogP contribution in [0.15, 0.2) is 24.3 Å². The van der Waals surface area contributed by atoms with Gasteiger partial charge >= 0.3 is 5.97 Å². The molecular weight excluding hydrogens is 278 g/mol. The number of piperidine rings is 1. The molecule has 0 radical (unpaired) electrons. The third-order valence-electron chi connectivity index (χ3n) is 5.11. The van der Waals surface area contributed by atoms with Crippen LogP contribution in [-0.2, 0) is 9.47 Å². The Morgan fingerprint density at radius 2 is 1.86 bits per heavy atom. The Kier molecular flexibility index (Phi) is 5.11. The largest absolute Gasteiger partial charge is 0.465 e. The second kappa shape index (κ2) is 7.25. The van der Waals surface area contributed by atoms with Gasteiger partial charge in [-0.25, -0.2) is 4.79 Å². The van der Waals surface area contributed by atoms with Crippen LogP contribution in [-0.4, -0.2) is 32.8 Å². The molecule has 0 aliphatic carbocycles. The molecule has 0 saturated carbocycles. The zero-order valence-corrected chi connectivity index (χ0v) is 13.2. The smallest absolute Gasteiger partial charge is 0.337 e. The van der Waals surface area contributed by atoms with Crippen molar-refractivity contribution in [3.63, 3.8) is 0 Å². The number of ether oxygens (including phenoxy) is 2. The van der Waals surface area contributed by atoms with E-state index in [1.165, 1.54) is 38.4 Å². The third kappa shape index (κ3) is 3.50. The molecule has 2 aliphatic rings. The van der Waals surface area contributed by atoms with Crippen LogP contribution in [0, 0.1) is 11.8 Å². The van der Waals surface area contributed by atoms with Gasteiger partial charge < -0.3 is 14.8 Å². The number of esters is 1. The predicted molar refractivity (Wildman–Crippen MR) is 84.8 cm³/mol. The summed E-state index contributed by atoms with van der Waals surface area (Å²) in [4.78, 5) is 11.5. The first kappa shape index (κ1) is 15.5. The zero-order valence-electron chi connectivity index (χ0n) is 13.2. The van der Waals surface area contributed by atoms with Gasteiger partial charge in [-0.15, -0.1) is 0 Å². The maximum atomic E-state index is 11.5. The molecule has 0 aromatic heterocycles. The first-order valence-corrected chi connectivity index (χ1v) is 8.27. The SMILES string of the molecule is COC(=O)c1ccc([C@@H]2C[C@@H](C3CCOCC3)CCN2)cc1. The molecular formula is C18H25NO3. The highest BCUT2D eigenvalue weighted by Crippen LogP contribution is 2.36. The molecule has 120 valence electrons. The molecule has 0 amide bonds. The van der Waals surface area contributed by atoms with Gasteiger partial charge in [-0.2, -0.15) is 0 Å². The molecule has 1 aromatic rings. The molecule has 4 nitrogen and oxygen atoms in total. The summed E-state index contributed by atoms with van der Waals surface area (Å²) in [6.45, 7) is 2.92. The Bertz CT molecular complexity index is 494. The maximum absolute atomic E-state index is 11.5. The van der Waals surface area contributed by atoms with E-state index in [9.17, 15) is 4.79 Å². The molecule has 0 spiro atoms. The molecule has 1 aromatic carbocycles. The Labute approximate surface area is 132 Å². The summed E-state index contributed by atoms with van der Waals surface area (Å²) in [5.74, 6) is 1.33. The molecule has 0 unspecified atom stereocenters. The maximum Gasteiger partial charge on any atom is 0.337 e. The van der Waals surface area contributed by atoms with Crippen molar-refractivity contribution in [1.82, 2.24) is 5.32 Å². The second-order valence-corrected chi connectivity index (χ2v) is 6.35. The van der Waals surface area contributed by atoms with E-state index >= 15 is 0 Å². The topological polar surface area (TPSA) is 47.6 Å². The van der Waals surface area contributed by atoms with Gasteiger partial charge in [-0.3, -0.25) is 0 Å². The van der Waals surface area contributed by atoms with Crippen molar-refractivity contribution in [2.45, 2.75) is 31.7 Å². The molecule has 2 fully saturated rings. The van der Waals surface area contributed by atoms with Gasteiger partial charge in [0.1, 0.15) is 0 Å². The monoisotopic (exact) mass is 303 g/mol. The molecule has 3 rings (SSSR count). The molecule has 0 bridgehead atoms. The van der Waals surface area contributed by atoms with E-state index in [-0.39, 0.29) is 5.97 Å². The quantitative estimate of drug-likeness (QED) is 0.872. The zero-order chi connectivity index (χ0) is 15.4. The van der Waals surface area contributed by atoms with E-state index in [4.69, 9.17) is 9.47 Å².